The molecule has 0 bridgehead atoms. The summed E-state index contributed by atoms with van der Waals surface area (Å²) in [7, 11) is 0. The van der Waals surface area contributed by atoms with Crippen LogP contribution in [0.1, 0.15) is 24.5 Å². The summed E-state index contributed by atoms with van der Waals surface area (Å²) in [5.41, 5.74) is 2.22. The van der Waals surface area contributed by atoms with Gasteiger partial charge in [0, 0.05) is 19.2 Å². The lowest BCUT2D eigenvalue weighted by Gasteiger charge is -2.19. The van der Waals surface area contributed by atoms with Gasteiger partial charge in [0.2, 0.25) is 0 Å². The highest BCUT2D eigenvalue weighted by Gasteiger charge is 2.21. The number of hydrogen-bond acceptors (Lipinski definition) is 3. The predicted molar refractivity (Wildman–Crippen MR) is 67.6 cm³/mol. The molecule has 1 aliphatic rings. The first kappa shape index (κ1) is 12.6. The Bertz CT molecular complexity index is 331. The van der Waals surface area contributed by atoms with Crippen molar-refractivity contribution in [3.8, 4) is 0 Å². The van der Waals surface area contributed by atoms with Gasteiger partial charge in [-0.2, -0.15) is 0 Å². The molecule has 17 heavy (non-hydrogen) atoms. The standard InChI is InChI=1S/C14H21NO2/c1-11(14-6-7-17-10-14)15-8-12-2-4-13(9-16)5-3-12/h2-5,11,14-16H,6-10H2,1H3. The molecule has 94 valence electrons. The van der Waals surface area contributed by atoms with Crippen molar-refractivity contribution < 1.29 is 9.84 Å². The molecule has 1 heterocycles. The van der Waals surface area contributed by atoms with Crippen LogP contribution >= 0.6 is 0 Å². The minimum Gasteiger partial charge on any atom is -0.392 e. The molecule has 1 saturated heterocycles. The second-order valence-corrected chi connectivity index (χ2v) is 4.77. The summed E-state index contributed by atoms with van der Waals surface area (Å²) in [6.07, 6.45) is 1.16. The van der Waals surface area contributed by atoms with Gasteiger partial charge in [0.1, 0.15) is 0 Å². The Labute approximate surface area is 103 Å². The molecule has 2 rings (SSSR count). The number of aliphatic hydroxyl groups excluding tert-OH is 1. The van der Waals surface area contributed by atoms with E-state index in [2.05, 4.69) is 24.4 Å². The van der Waals surface area contributed by atoms with Gasteiger partial charge in [0.15, 0.2) is 0 Å². The van der Waals surface area contributed by atoms with Crippen molar-refractivity contribution in [1.29, 1.82) is 0 Å². The normalized spacial score (nSPS) is 21.6. The largest absolute Gasteiger partial charge is 0.392 e. The molecular formula is C14H21NO2. The molecule has 1 aromatic rings. The lowest BCUT2D eigenvalue weighted by molar-refractivity contribution is 0.178. The van der Waals surface area contributed by atoms with Crippen LogP contribution in [-0.2, 0) is 17.9 Å². The first-order chi connectivity index (χ1) is 8.29. The van der Waals surface area contributed by atoms with Crippen LogP contribution in [0.25, 0.3) is 0 Å². The van der Waals surface area contributed by atoms with Gasteiger partial charge in [0.25, 0.3) is 0 Å². The van der Waals surface area contributed by atoms with Crippen molar-refractivity contribution in [3.05, 3.63) is 35.4 Å². The fourth-order valence-corrected chi connectivity index (χ4v) is 2.16. The number of benzene rings is 1. The third-order valence-corrected chi connectivity index (χ3v) is 3.51. The SMILES string of the molecule is CC(NCc1ccc(CO)cc1)C1CCOC1. The minimum atomic E-state index is 0.115. The third kappa shape index (κ3) is 3.53. The summed E-state index contributed by atoms with van der Waals surface area (Å²) >= 11 is 0. The first-order valence-electron chi connectivity index (χ1n) is 6.29. The Morgan fingerprint density at radius 1 is 1.35 bits per heavy atom. The Balaban J connectivity index is 1.80. The monoisotopic (exact) mass is 235 g/mol. The number of aliphatic hydroxyl groups is 1. The maximum Gasteiger partial charge on any atom is 0.0681 e. The van der Waals surface area contributed by atoms with Crippen LogP contribution in [0.5, 0.6) is 0 Å². The topological polar surface area (TPSA) is 41.5 Å². The van der Waals surface area contributed by atoms with E-state index >= 15 is 0 Å². The average Bonchev–Trinajstić information content (AvgIpc) is 2.90. The Morgan fingerprint density at radius 2 is 2.06 bits per heavy atom. The zero-order valence-corrected chi connectivity index (χ0v) is 10.4. The molecule has 0 radical (unpaired) electrons. The molecule has 0 amide bonds. The van der Waals surface area contributed by atoms with Gasteiger partial charge in [-0.15, -0.1) is 0 Å². The summed E-state index contributed by atoms with van der Waals surface area (Å²) in [5.74, 6) is 0.645. The first-order valence-corrected chi connectivity index (χ1v) is 6.29. The molecule has 2 atom stereocenters. The van der Waals surface area contributed by atoms with E-state index in [-0.39, 0.29) is 6.61 Å². The van der Waals surface area contributed by atoms with E-state index in [4.69, 9.17) is 9.84 Å². The quantitative estimate of drug-likeness (QED) is 0.816. The molecular weight excluding hydrogens is 214 g/mol. The Hall–Kier alpha value is -0.900. The van der Waals surface area contributed by atoms with Crippen molar-refractivity contribution in [2.75, 3.05) is 13.2 Å². The molecule has 0 saturated carbocycles. The number of rotatable bonds is 5. The molecule has 0 aliphatic carbocycles. The van der Waals surface area contributed by atoms with Crippen molar-refractivity contribution in [2.45, 2.75) is 32.5 Å². The minimum absolute atomic E-state index is 0.115. The fraction of sp³-hybridized carbons (Fsp3) is 0.571. The summed E-state index contributed by atoms with van der Waals surface area (Å²) in [4.78, 5) is 0. The van der Waals surface area contributed by atoms with E-state index in [1.165, 1.54) is 5.56 Å². The van der Waals surface area contributed by atoms with Gasteiger partial charge in [-0.05, 0) is 30.4 Å². The second-order valence-electron chi connectivity index (χ2n) is 4.77. The van der Waals surface area contributed by atoms with E-state index < -0.39 is 0 Å². The van der Waals surface area contributed by atoms with E-state index in [0.29, 0.717) is 12.0 Å². The molecule has 0 spiro atoms. The molecule has 3 heteroatoms. The van der Waals surface area contributed by atoms with Crippen LogP contribution in [0.4, 0.5) is 0 Å². The van der Waals surface area contributed by atoms with E-state index in [1.54, 1.807) is 0 Å². The Kier molecular flexibility index (Phi) is 4.54. The van der Waals surface area contributed by atoms with Gasteiger partial charge >= 0.3 is 0 Å². The highest BCUT2D eigenvalue weighted by molar-refractivity contribution is 5.21. The summed E-state index contributed by atoms with van der Waals surface area (Å²) in [6.45, 7) is 5.01. The molecule has 1 aliphatic heterocycles. The smallest absolute Gasteiger partial charge is 0.0681 e. The zero-order valence-electron chi connectivity index (χ0n) is 10.4. The lowest BCUT2D eigenvalue weighted by atomic mass is 10.0. The van der Waals surface area contributed by atoms with Crippen LogP contribution in [0, 0.1) is 5.92 Å². The molecule has 2 unspecified atom stereocenters. The molecule has 2 N–H and O–H groups in total. The number of hydrogen-bond donors (Lipinski definition) is 2. The molecule has 1 fully saturated rings. The predicted octanol–water partition coefficient (Wildman–Crippen LogP) is 1.69. The number of ether oxygens (including phenoxy) is 1. The second kappa shape index (κ2) is 6.15. The highest BCUT2D eigenvalue weighted by Crippen LogP contribution is 2.16. The van der Waals surface area contributed by atoms with Gasteiger partial charge in [0.05, 0.1) is 13.2 Å². The maximum atomic E-state index is 8.96. The fourth-order valence-electron chi connectivity index (χ4n) is 2.16. The van der Waals surface area contributed by atoms with E-state index in [1.807, 2.05) is 12.1 Å². The number of nitrogens with one attached hydrogen (secondary N) is 1. The zero-order chi connectivity index (χ0) is 12.1. The van der Waals surface area contributed by atoms with Crippen LogP contribution in [0.15, 0.2) is 24.3 Å². The summed E-state index contributed by atoms with van der Waals surface area (Å²) < 4.78 is 5.39. The van der Waals surface area contributed by atoms with Crippen molar-refractivity contribution in [1.82, 2.24) is 5.32 Å². The molecule has 0 aromatic heterocycles. The van der Waals surface area contributed by atoms with E-state index in [0.717, 1.165) is 31.7 Å². The third-order valence-electron chi connectivity index (χ3n) is 3.51. The van der Waals surface area contributed by atoms with Crippen LogP contribution < -0.4 is 5.32 Å². The van der Waals surface area contributed by atoms with Gasteiger partial charge in [-0.25, -0.2) is 0 Å². The maximum absolute atomic E-state index is 8.96. The van der Waals surface area contributed by atoms with Crippen LogP contribution in [0.2, 0.25) is 0 Å². The average molecular weight is 235 g/mol. The van der Waals surface area contributed by atoms with E-state index in [9.17, 15) is 0 Å². The van der Waals surface area contributed by atoms with Gasteiger partial charge in [-0.3, -0.25) is 0 Å². The van der Waals surface area contributed by atoms with Crippen molar-refractivity contribution in [3.63, 3.8) is 0 Å². The summed E-state index contributed by atoms with van der Waals surface area (Å²) in [6, 6.07) is 8.57. The Morgan fingerprint density at radius 3 is 2.65 bits per heavy atom. The van der Waals surface area contributed by atoms with Crippen molar-refractivity contribution in [2.24, 2.45) is 5.92 Å². The highest BCUT2D eigenvalue weighted by atomic mass is 16.5. The van der Waals surface area contributed by atoms with Crippen LogP contribution in [-0.4, -0.2) is 24.4 Å². The van der Waals surface area contributed by atoms with Gasteiger partial charge < -0.3 is 15.2 Å². The van der Waals surface area contributed by atoms with Crippen LogP contribution in [0.3, 0.4) is 0 Å². The lowest BCUT2D eigenvalue weighted by Crippen LogP contribution is -2.33. The summed E-state index contributed by atoms with van der Waals surface area (Å²) in [5, 5.41) is 12.5. The van der Waals surface area contributed by atoms with Crippen molar-refractivity contribution >= 4 is 0 Å². The molecule has 1 aromatic carbocycles. The molecule has 3 nitrogen and oxygen atoms in total. The van der Waals surface area contributed by atoms with Gasteiger partial charge in [-0.1, -0.05) is 24.3 Å².